The number of H-pyrrole nitrogens is 1. The molecule has 5 nitrogen and oxygen atoms in total. The van der Waals surface area contributed by atoms with Crippen LogP contribution >= 0.6 is 11.6 Å². The summed E-state index contributed by atoms with van der Waals surface area (Å²) < 4.78 is 37.9. The summed E-state index contributed by atoms with van der Waals surface area (Å²) in [6, 6.07) is 5.69. The van der Waals surface area contributed by atoms with Crippen LogP contribution in [-0.4, -0.2) is 20.8 Å². The maximum absolute atomic E-state index is 12.6. The van der Waals surface area contributed by atoms with Crippen molar-refractivity contribution in [1.29, 1.82) is 5.41 Å². The van der Waals surface area contributed by atoms with Crippen molar-refractivity contribution in [3.05, 3.63) is 46.6 Å². The predicted molar refractivity (Wildman–Crippen MR) is 80.4 cm³/mol. The average molecular weight is 340 g/mol. The number of nitrogen functional groups attached to an aromatic ring is 1. The molecule has 0 aliphatic rings. The van der Waals surface area contributed by atoms with E-state index in [0.717, 1.165) is 6.07 Å². The first-order chi connectivity index (χ1) is 10.8. The number of imidazole rings is 1. The number of hydrogen-bond acceptors (Lipinski definition) is 3. The second-order valence-corrected chi connectivity index (χ2v) is 5.19. The number of halogens is 4. The molecule has 0 fully saturated rings. The van der Waals surface area contributed by atoms with Crippen LogP contribution < -0.4 is 5.73 Å². The Balaban J connectivity index is 2.08. The highest BCUT2D eigenvalue weighted by Crippen LogP contribution is 2.33. The Morgan fingerprint density at radius 1 is 1.26 bits per heavy atom. The van der Waals surface area contributed by atoms with Crippen molar-refractivity contribution in [3.63, 3.8) is 0 Å². The van der Waals surface area contributed by atoms with Crippen LogP contribution in [0.2, 0.25) is 5.02 Å². The highest BCUT2D eigenvalue weighted by molar-refractivity contribution is 6.33. The van der Waals surface area contributed by atoms with Gasteiger partial charge in [0.1, 0.15) is 11.5 Å². The largest absolute Gasteiger partial charge is 0.417 e. The molecule has 4 N–H and O–H groups in total. The summed E-state index contributed by atoms with van der Waals surface area (Å²) in [4.78, 5) is 10.9. The molecule has 0 saturated carbocycles. The third-order valence-electron chi connectivity index (χ3n) is 3.19. The summed E-state index contributed by atoms with van der Waals surface area (Å²) in [7, 11) is 0. The highest BCUT2D eigenvalue weighted by atomic mass is 35.5. The molecule has 0 spiro atoms. The summed E-state index contributed by atoms with van der Waals surface area (Å²) in [6.45, 7) is 0. The molecule has 0 bridgehead atoms. The molecule has 2 aromatic heterocycles. The summed E-state index contributed by atoms with van der Waals surface area (Å²) in [5.74, 6) is 0.133. The number of aromatic nitrogens is 3. The van der Waals surface area contributed by atoms with Gasteiger partial charge in [0.25, 0.3) is 0 Å². The number of pyridine rings is 1. The molecule has 2 heterocycles. The smallest absolute Gasteiger partial charge is 0.384 e. The van der Waals surface area contributed by atoms with Gasteiger partial charge in [-0.25, -0.2) is 4.98 Å². The normalized spacial score (nSPS) is 11.8. The number of fused-ring (bicyclic) bond motifs is 1. The summed E-state index contributed by atoms with van der Waals surface area (Å²) in [6.07, 6.45) is -3.81. The fourth-order valence-electron chi connectivity index (χ4n) is 2.06. The van der Waals surface area contributed by atoms with Gasteiger partial charge in [-0.15, -0.1) is 0 Å². The molecule has 3 rings (SSSR count). The van der Waals surface area contributed by atoms with Crippen molar-refractivity contribution in [2.75, 3.05) is 0 Å². The van der Waals surface area contributed by atoms with Crippen LogP contribution in [0.25, 0.3) is 22.6 Å². The maximum Gasteiger partial charge on any atom is 0.417 e. The molecule has 1 aromatic carbocycles. The Bertz CT molecular complexity index is 916. The SMILES string of the molecule is N=C(N)c1ccc2nc(-c3ncc(C(F)(F)F)cc3Cl)[nH]c2c1. The molecule has 0 amide bonds. The van der Waals surface area contributed by atoms with Crippen molar-refractivity contribution in [2.45, 2.75) is 6.18 Å². The molecule has 9 heteroatoms. The third-order valence-corrected chi connectivity index (χ3v) is 3.47. The van der Waals surface area contributed by atoms with Gasteiger partial charge in [0.05, 0.1) is 21.6 Å². The molecule has 0 saturated heterocycles. The van der Waals surface area contributed by atoms with Crippen molar-refractivity contribution < 1.29 is 13.2 Å². The Kier molecular flexibility index (Phi) is 3.48. The molecule has 0 atom stereocenters. The van der Waals surface area contributed by atoms with Gasteiger partial charge in [0, 0.05) is 11.8 Å². The Hall–Kier alpha value is -2.61. The first kappa shape index (κ1) is 15.3. The van der Waals surface area contributed by atoms with E-state index in [9.17, 15) is 13.2 Å². The van der Waals surface area contributed by atoms with Gasteiger partial charge in [-0.05, 0) is 24.3 Å². The lowest BCUT2D eigenvalue weighted by atomic mass is 10.2. The second kappa shape index (κ2) is 5.24. The Labute approximate surface area is 132 Å². The van der Waals surface area contributed by atoms with Crippen LogP contribution in [0, 0.1) is 5.41 Å². The van der Waals surface area contributed by atoms with E-state index in [4.69, 9.17) is 22.7 Å². The van der Waals surface area contributed by atoms with E-state index in [2.05, 4.69) is 15.0 Å². The number of benzene rings is 1. The number of nitrogens with zero attached hydrogens (tertiary/aromatic N) is 2. The van der Waals surface area contributed by atoms with Crippen LogP contribution in [0.3, 0.4) is 0 Å². The maximum atomic E-state index is 12.6. The summed E-state index contributed by atoms with van der Waals surface area (Å²) in [5.41, 5.74) is 6.23. The van der Waals surface area contributed by atoms with Crippen LogP contribution in [0.15, 0.2) is 30.5 Å². The number of nitrogens with two attached hydrogens (primary N) is 1. The highest BCUT2D eigenvalue weighted by Gasteiger charge is 2.31. The van der Waals surface area contributed by atoms with E-state index < -0.39 is 11.7 Å². The Morgan fingerprint density at radius 3 is 2.61 bits per heavy atom. The molecule has 0 aliphatic heterocycles. The number of aromatic amines is 1. The van der Waals surface area contributed by atoms with Crippen molar-refractivity contribution in [2.24, 2.45) is 5.73 Å². The van der Waals surface area contributed by atoms with E-state index in [1.54, 1.807) is 18.2 Å². The number of rotatable bonds is 2. The van der Waals surface area contributed by atoms with Gasteiger partial charge in [0.15, 0.2) is 5.82 Å². The Morgan fingerprint density at radius 2 is 2.00 bits per heavy atom. The van der Waals surface area contributed by atoms with Gasteiger partial charge in [-0.2, -0.15) is 13.2 Å². The lowest BCUT2D eigenvalue weighted by molar-refractivity contribution is -0.137. The number of nitrogens with one attached hydrogen (secondary N) is 2. The summed E-state index contributed by atoms with van der Waals surface area (Å²) >= 11 is 5.90. The van der Waals surface area contributed by atoms with E-state index >= 15 is 0 Å². The monoisotopic (exact) mass is 339 g/mol. The zero-order valence-electron chi connectivity index (χ0n) is 11.4. The molecule has 0 radical (unpaired) electrons. The van der Waals surface area contributed by atoms with Crippen LogP contribution in [-0.2, 0) is 6.18 Å². The fourth-order valence-corrected chi connectivity index (χ4v) is 2.31. The summed E-state index contributed by atoms with van der Waals surface area (Å²) in [5, 5.41) is 7.24. The van der Waals surface area contributed by atoms with Crippen molar-refractivity contribution in [1.82, 2.24) is 15.0 Å². The molecule has 118 valence electrons. The minimum atomic E-state index is -4.51. The van der Waals surface area contributed by atoms with Crippen LogP contribution in [0.4, 0.5) is 13.2 Å². The molecular formula is C14H9ClF3N5. The molecular weight excluding hydrogens is 331 g/mol. The lowest BCUT2D eigenvalue weighted by Crippen LogP contribution is -2.10. The number of amidine groups is 1. The molecule has 0 unspecified atom stereocenters. The quantitative estimate of drug-likeness (QED) is 0.492. The first-order valence-electron chi connectivity index (χ1n) is 6.33. The van der Waals surface area contributed by atoms with Crippen LogP contribution in [0.5, 0.6) is 0 Å². The van der Waals surface area contributed by atoms with Crippen molar-refractivity contribution >= 4 is 28.5 Å². The third kappa shape index (κ3) is 2.85. The fraction of sp³-hybridized carbons (Fsp3) is 0.0714. The predicted octanol–water partition coefficient (Wildman–Crippen LogP) is 3.58. The second-order valence-electron chi connectivity index (χ2n) is 4.78. The van der Waals surface area contributed by atoms with Gasteiger partial charge in [0.2, 0.25) is 0 Å². The van der Waals surface area contributed by atoms with E-state index in [1.807, 2.05) is 0 Å². The van der Waals surface area contributed by atoms with Gasteiger partial charge >= 0.3 is 6.18 Å². The van der Waals surface area contributed by atoms with E-state index in [0.29, 0.717) is 22.8 Å². The lowest BCUT2D eigenvalue weighted by Gasteiger charge is -2.07. The van der Waals surface area contributed by atoms with Gasteiger partial charge in [-0.1, -0.05) is 11.6 Å². The molecule has 23 heavy (non-hydrogen) atoms. The van der Waals surface area contributed by atoms with Crippen LogP contribution in [0.1, 0.15) is 11.1 Å². The van der Waals surface area contributed by atoms with Gasteiger partial charge < -0.3 is 10.7 Å². The zero-order valence-corrected chi connectivity index (χ0v) is 12.1. The minimum absolute atomic E-state index is 0.103. The average Bonchev–Trinajstić information content (AvgIpc) is 2.88. The first-order valence-corrected chi connectivity index (χ1v) is 6.71. The van der Waals surface area contributed by atoms with E-state index in [1.165, 1.54) is 0 Å². The molecule has 3 aromatic rings. The van der Waals surface area contributed by atoms with Crippen molar-refractivity contribution in [3.8, 4) is 11.5 Å². The topological polar surface area (TPSA) is 91.4 Å². The number of hydrogen-bond donors (Lipinski definition) is 3. The molecule has 0 aliphatic carbocycles. The zero-order chi connectivity index (χ0) is 16.8. The number of alkyl halides is 3. The minimum Gasteiger partial charge on any atom is -0.384 e. The standard InChI is InChI=1S/C14H9ClF3N5/c15-8-4-7(14(16,17)18)5-21-11(8)13-22-9-2-1-6(12(19)20)3-10(9)23-13/h1-5H,(H3,19,20)(H,22,23). The van der Waals surface area contributed by atoms with Gasteiger partial charge in [-0.3, -0.25) is 10.4 Å². The van der Waals surface area contributed by atoms with E-state index in [-0.39, 0.29) is 22.4 Å².